The second kappa shape index (κ2) is 6.25. The van der Waals surface area contributed by atoms with Gasteiger partial charge >= 0.3 is 0 Å². The molecule has 0 amide bonds. The molecule has 104 valence electrons. The number of hydrogen-bond donors (Lipinski definition) is 1. The van der Waals surface area contributed by atoms with E-state index in [0.29, 0.717) is 24.0 Å². The van der Waals surface area contributed by atoms with Crippen LogP contribution in [0.5, 0.6) is 0 Å². The first kappa shape index (κ1) is 14.1. The van der Waals surface area contributed by atoms with Crippen molar-refractivity contribution in [2.45, 2.75) is 18.9 Å². The first-order valence-corrected chi connectivity index (χ1v) is 6.29. The number of hydrogen-bond acceptors (Lipinski definition) is 3. The van der Waals surface area contributed by atoms with Crippen LogP contribution in [0.2, 0.25) is 0 Å². The lowest BCUT2D eigenvalue weighted by Crippen LogP contribution is -2.26. The van der Waals surface area contributed by atoms with Gasteiger partial charge in [-0.1, -0.05) is 36.4 Å². The predicted molar refractivity (Wildman–Crippen MR) is 74.9 cm³/mol. The van der Waals surface area contributed by atoms with E-state index in [-0.39, 0.29) is 17.5 Å². The normalized spacial score (nSPS) is 12.1. The lowest BCUT2D eigenvalue weighted by molar-refractivity contribution is -0.385. The zero-order valence-electron chi connectivity index (χ0n) is 10.8. The lowest BCUT2D eigenvalue weighted by Gasteiger charge is -2.12. The molecule has 20 heavy (non-hydrogen) atoms. The van der Waals surface area contributed by atoms with Crippen molar-refractivity contribution in [2.24, 2.45) is 5.73 Å². The van der Waals surface area contributed by atoms with Crippen LogP contribution in [-0.4, -0.2) is 11.0 Å². The van der Waals surface area contributed by atoms with Crippen LogP contribution in [0.3, 0.4) is 0 Å². The number of rotatable bonds is 5. The summed E-state index contributed by atoms with van der Waals surface area (Å²) in [6.07, 6.45) is 0.685. The van der Waals surface area contributed by atoms with Crippen molar-refractivity contribution >= 4 is 5.69 Å². The molecule has 0 spiro atoms. The molecule has 0 aliphatic heterocycles. The predicted octanol–water partition coefficient (Wildman–Crippen LogP) is 2.85. The minimum Gasteiger partial charge on any atom is -0.327 e. The van der Waals surface area contributed by atoms with E-state index in [1.807, 2.05) is 0 Å². The number of nitrogens with two attached hydrogens (primary N) is 1. The van der Waals surface area contributed by atoms with Gasteiger partial charge in [-0.15, -0.1) is 0 Å². The van der Waals surface area contributed by atoms with E-state index in [9.17, 15) is 14.5 Å². The first-order chi connectivity index (χ1) is 9.58. The van der Waals surface area contributed by atoms with Gasteiger partial charge < -0.3 is 5.73 Å². The maximum atomic E-state index is 13.5. The monoisotopic (exact) mass is 274 g/mol. The smallest absolute Gasteiger partial charge is 0.272 e. The van der Waals surface area contributed by atoms with Crippen LogP contribution in [0, 0.1) is 15.9 Å². The molecule has 1 atom stereocenters. The molecule has 0 aliphatic carbocycles. The molecule has 5 heteroatoms. The molecule has 0 saturated heterocycles. The third kappa shape index (κ3) is 3.39. The average molecular weight is 274 g/mol. The molecular formula is C15H15FN2O2. The Kier molecular flexibility index (Phi) is 4.42. The Morgan fingerprint density at radius 1 is 1.05 bits per heavy atom. The Hall–Kier alpha value is -2.27. The molecule has 0 radical (unpaired) electrons. The second-order valence-corrected chi connectivity index (χ2v) is 4.65. The highest BCUT2D eigenvalue weighted by Gasteiger charge is 2.16. The standard InChI is InChI=1S/C15H15FN2O2/c16-14-7-3-1-5-11(14)9-13(17)10-12-6-2-4-8-15(12)18(19)20/h1-8,13H,9-10,17H2. The molecule has 0 heterocycles. The molecule has 2 aromatic carbocycles. The summed E-state index contributed by atoms with van der Waals surface area (Å²) in [5.74, 6) is -0.300. The van der Waals surface area contributed by atoms with Crippen LogP contribution in [0.15, 0.2) is 48.5 Å². The van der Waals surface area contributed by atoms with Gasteiger partial charge in [0.25, 0.3) is 5.69 Å². The third-order valence-electron chi connectivity index (χ3n) is 3.11. The van der Waals surface area contributed by atoms with E-state index in [0.717, 1.165) is 0 Å². The first-order valence-electron chi connectivity index (χ1n) is 6.29. The highest BCUT2D eigenvalue weighted by atomic mass is 19.1. The van der Waals surface area contributed by atoms with Gasteiger partial charge in [0.15, 0.2) is 0 Å². The van der Waals surface area contributed by atoms with E-state index >= 15 is 0 Å². The molecule has 0 saturated carbocycles. The fraction of sp³-hybridized carbons (Fsp3) is 0.200. The second-order valence-electron chi connectivity index (χ2n) is 4.65. The van der Waals surface area contributed by atoms with Gasteiger partial charge in [-0.3, -0.25) is 10.1 Å². The minimum absolute atomic E-state index is 0.0523. The highest BCUT2D eigenvalue weighted by Crippen LogP contribution is 2.20. The van der Waals surface area contributed by atoms with Gasteiger partial charge in [0.2, 0.25) is 0 Å². The Morgan fingerprint density at radius 3 is 2.25 bits per heavy atom. The van der Waals surface area contributed by atoms with Crippen LogP contribution in [-0.2, 0) is 12.8 Å². The molecule has 0 aromatic heterocycles. The number of benzene rings is 2. The van der Waals surface area contributed by atoms with Crippen LogP contribution in [0.1, 0.15) is 11.1 Å². The number of halogens is 1. The Bertz CT molecular complexity index is 616. The van der Waals surface area contributed by atoms with Crippen molar-refractivity contribution in [3.05, 3.63) is 75.6 Å². The van der Waals surface area contributed by atoms with Crippen molar-refractivity contribution in [1.29, 1.82) is 0 Å². The highest BCUT2D eigenvalue weighted by molar-refractivity contribution is 5.40. The van der Waals surface area contributed by atoms with Crippen molar-refractivity contribution in [3.63, 3.8) is 0 Å². The Labute approximate surface area is 116 Å². The Balaban J connectivity index is 2.11. The van der Waals surface area contributed by atoms with Gasteiger partial charge in [0, 0.05) is 17.7 Å². The van der Waals surface area contributed by atoms with E-state index < -0.39 is 4.92 Å². The zero-order chi connectivity index (χ0) is 14.5. The van der Waals surface area contributed by atoms with Gasteiger partial charge in [-0.2, -0.15) is 0 Å². The average Bonchev–Trinajstić information content (AvgIpc) is 2.41. The van der Waals surface area contributed by atoms with E-state index in [1.54, 1.807) is 36.4 Å². The largest absolute Gasteiger partial charge is 0.327 e. The van der Waals surface area contributed by atoms with Gasteiger partial charge in [-0.25, -0.2) is 4.39 Å². The fourth-order valence-electron chi connectivity index (χ4n) is 2.16. The van der Waals surface area contributed by atoms with Crippen LogP contribution in [0.4, 0.5) is 10.1 Å². The number of nitrogens with zero attached hydrogens (tertiary/aromatic N) is 1. The van der Waals surface area contributed by atoms with Crippen molar-refractivity contribution < 1.29 is 9.31 Å². The number of para-hydroxylation sites is 1. The molecule has 0 aliphatic rings. The summed E-state index contributed by atoms with van der Waals surface area (Å²) >= 11 is 0. The molecule has 2 N–H and O–H groups in total. The van der Waals surface area contributed by atoms with Crippen molar-refractivity contribution in [1.82, 2.24) is 0 Å². The SMILES string of the molecule is NC(Cc1ccccc1F)Cc1ccccc1[N+](=O)[O-]. The van der Waals surface area contributed by atoms with Gasteiger partial charge in [-0.05, 0) is 24.5 Å². The molecule has 1 unspecified atom stereocenters. The summed E-state index contributed by atoms with van der Waals surface area (Å²) in [7, 11) is 0. The quantitative estimate of drug-likeness (QED) is 0.673. The summed E-state index contributed by atoms with van der Waals surface area (Å²) in [6.45, 7) is 0. The molecular weight excluding hydrogens is 259 g/mol. The van der Waals surface area contributed by atoms with Gasteiger partial charge in [0.1, 0.15) is 5.82 Å². The van der Waals surface area contributed by atoms with Crippen molar-refractivity contribution in [3.8, 4) is 0 Å². The molecule has 0 fully saturated rings. The van der Waals surface area contributed by atoms with E-state index in [4.69, 9.17) is 5.73 Å². The fourth-order valence-corrected chi connectivity index (χ4v) is 2.16. The number of nitro benzene ring substituents is 1. The van der Waals surface area contributed by atoms with Gasteiger partial charge in [0.05, 0.1) is 4.92 Å². The van der Waals surface area contributed by atoms with Crippen LogP contribution >= 0.6 is 0 Å². The summed E-state index contributed by atoms with van der Waals surface area (Å²) in [6, 6.07) is 12.5. The third-order valence-corrected chi connectivity index (χ3v) is 3.11. The van der Waals surface area contributed by atoms with Crippen LogP contribution in [0.25, 0.3) is 0 Å². The summed E-state index contributed by atoms with van der Waals surface area (Å²) in [5, 5.41) is 10.9. The summed E-state index contributed by atoms with van der Waals surface area (Å²) in [4.78, 5) is 10.5. The molecule has 0 bridgehead atoms. The van der Waals surface area contributed by atoms with Crippen molar-refractivity contribution in [2.75, 3.05) is 0 Å². The molecule has 2 rings (SSSR count). The molecule has 4 nitrogen and oxygen atoms in total. The van der Waals surface area contributed by atoms with Crippen LogP contribution < -0.4 is 5.73 Å². The lowest BCUT2D eigenvalue weighted by atomic mass is 9.98. The van der Waals surface area contributed by atoms with E-state index in [1.165, 1.54) is 12.1 Å². The minimum atomic E-state index is -0.425. The summed E-state index contributed by atoms with van der Waals surface area (Å²) < 4.78 is 13.5. The number of nitro groups is 1. The van der Waals surface area contributed by atoms with E-state index in [2.05, 4.69) is 0 Å². The topological polar surface area (TPSA) is 69.2 Å². The maximum Gasteiger partial charge on any atom is 0.272 e. The Morgan fingerprint density at radius 2 is 1.60 bits per heavy atom. The summed E-state index contributed by atoms with van der Waals surface area (Å²) in [5.41, 5.74) is 7.14. The molecule has 2 aromatic rings. The maximum absolute atomic E-state index is 13.5. The zero-order valence-corrected chi connectivity index (χ0v) is 10.8.